The Hall–Kier alpha value is -1.36. The van der Waals surface area contributed by atoms with Crippen LogP contribution in [0.25, 0.3) is 0 Å². The van der Waals surface area contributed by atoms with Crippen molar-refractivity contribution in [3.8, 4) is 5.75 Å². The Bertz CT molecular complexity index is 504. The molecule has 1 aromatic carbocycles. The van der Waals surface area contributed by atoms with Crippen LogP contribution in [0.5, 0.6) is 5.75 Å². The van der Waals surface area contributed by atoms with Crippen LogP contribution in [0.2, 0.25) is 0 Å². The number of carbonyl (C=O) groups excluding carboxylic acids is 2. The zero-order chi connectivity index (χ0) is 15.4. The summed E-state index contributed by atoms with van der Waals surface area (Å²) in [6, 6.07) is 4.97. The number of methoxy groups -OCH3 is 1. The summed E-state index contributed by atoms with van der Waals surface area (Å²) in [5, 5.41) is 0. The number of benzene rings is 1. The molecule has 1 rings (SSSR count). The summed E-state index contributed by atoms with van der Waals surface area (Å²) < 4.78 is 5.89. The second kappa shape index (κ2) is 6.88. The molecule has 1 amide bonds. The lowest BCUT2D eigenvalue weighted by molar-refractivity contribution is -0.129. The monoisotopic (exact) mass is 341 g/mol. The average Bonchev–Trinajstić information content (AvgIpc) is 2.36. The van der Waals surface area contributed by atoms with Gasteiger partial charge in [-0.25, -0.2) is 0 Å². The van der Waals surface area contributed by atoms with Crippen molar-refractivity contribution < 1.29 is 14.3 Å². The molecule has 0 aliphatic heterocycles. The van der Waals surface area contributed by atoms with E-state index in [0.717, 1.165) is 4.47 Å². The van der Waals surface area contributed by atoms with E-state index in [9.17, 15) is 9.59 Å². The van der Waals surface area contributed by atoms with Crippen molar-refractivity contribution in [2.75, 3.05) is 7.11 Å². The van der Waals surface area contributed by atoms with E-state index in [1.54, 1.807) is 23.1 Å². The van der Waals surface area contributed by atoms with Gasteiger partial charge in [-0.3, -0.25) is 9.59 Å². The van der Waals surface area contributed by atoms with Crippen LogP contribution in [0.1, 0.15) is 38.1 Å². The molecule has 5 heteroatoms. The quantitative estimate of drug-likeness (QED) is 0.609. The maximum Gasteiger partial charge on any atom is 0.295 e. The van der Waals surface area contributed by atoms with Gasteiger partial charge in [0.1, 0.15) is 5.75 Å². The molecule has 0 heterocycles. The molecule has 1 aromatic rings. The molecule has 0 saturated carbocycles. The van der Waals surface area contributed by atoms with Crippen LogP contribution in [0, 0.1) is 0 Å². The van der Waals surface area contributed by atoms with Crippen LogP contribution in [0.3, 0.4) is 0 Å². The Morgan fingerprint density at radius 1 is 1.15 bits per heavy atom. The van der Waals surface area contributed by atoms with E-state index in [1.807, 2.05) is 27.7 Å². The van der Waals surface area contributed by atoms with Crippen LogP contribution in [0.15, 0.2) is 22.7 Å². The number of Topliss-reactive ketones (excluding diaryl/α,β-unsaturated/α-hetero) is 1. The number of hydrogen-bond acceptors (Lipinski definition) is 3. The lowest BCUT2D eigenvalue weighted by atomic mass is 10.1. The highest BCUT2D eigenvalue weighted by Crippen LogP contribution is 2.24. The van der Waals surface area contributed by atoms with Crippen molar-refractivity contribution in [3.63, 3.8) is 0 Å². The number of nitrogens with zero attached hydrogens (tertiary/aromatic N) is 1. The maximum atomic E-state index is 12.4. The molecule has 0 aliphatic carbocycles. The molecule has 4 nitrogen and oxygen atoms in total. The minimum absolute atomic E-state index is 0.0374. The van der Waals surface area contributed by atoms with Crippen molar-refractivity contribution in [2.24, 2.45) is 0 Å². The lowest BCUT2D eigenvalue weighted by Crippen LogP contribution is -2.45. The molecule has 0 aliphatic rings. The fraction of sp³-hybridized carbons (Fsp3) is 0.467. The van der Waals surface area contributed by atoms with Gasteiger partial charge in [-0.1, -0.05) is 15.9 Å². The van der Waals surface area contributed by atoms with E-state index in [0.29, 0.717) is 5.75 Å². The number of carbonyl (C=O) groups is 2. The summed E-state index contributed by atoms with van der Waals surface area (Å²) in [6.45, 7) is 7.57. The summed E-state index contributed by atoms with van der Waals surface area (Å²) in [6.07, 6.45) is 0. The predicted molar refractivity (Wildman–Crippen MR) is 82.1 cm³/mol. The molecule has 0 bridgehead atoms. The standard InChI is InChI=1S/C15H20BrNO3/c1-9(2)17(10(3)4)15(19)14(18)12-8-11(16)6-7-13(12)20-5/h6-10H,1-5H3. The SMILES string of the molecule is COc1ccc(Br)cc1C(=O)C(=O)N(C(C)C)C(C)C. The molecule has 0 radical (unpaired) electrons. The van der Waals surface area contributed by atoms with E-state index >= 15 is 0 Å². The summed E-state index contributed by atoms with van der Waals surface area (Å²) in [7, 11) is 1.48. The van der Waals surface area contributed by atoms with Gasteiger partial charge in [0.15, 0.2) is 0 Å². The number of hydrogen-bond donors (Lipinski definition) is 0. The third-order valence-corrected chi connectivity index (χ3v) is 3.44. The predicted octanol–water partition coefficient (Wildman–Crippen LogP) is 3.29. The van der Waals surface area contributed by atoms with Gasteiger partial charge in [0.2, 0.25) is 0 Å². The highest BCUT2D eigenvalue weighted by molar-refractivity contribution is 9.10. The van der Waals surface area contributed by atoms with Gasteiger partial charge in [-0.15, -0.1) is 0 Å². The Morgan fingerprint density at radius 2 is 1.70 bits per heavy atom. The maximum absolute atomic E-state index is 12.4. The number of ether oxygens (including phenoxy) is 1. The minimum Gasteiger partial charge on any atom is -0.496 e. The largest absolute Gasteiger partial charge is 0.496 e. The van der Waals surface area contributed by atoms with Crippen LogP contribution in [0.4, 0.5) is 0 Å². The highest BCUT2D eigenvalue weighted by atomic mass is 79.9. The molecule has 0 fully saturated rings. The minimum atomic E-state index is -0.550. The van der Waals surface area contributed by atoms with E-state index in [1.165, 1.54) is 7.11 Å². The first-order valence-electron chi connectivity index (χ1n) is 6.50. The first-order chi connectivity index (χ1) is 9.29. The van der Waals surface area contributed by atoms with Crippen molar-refractivity contribution in [2.45, 2.75) is 39.8 Å². The van der Waals surface area contributed by atoms with Crippen molar-refractivity contribution >= 4 is 27.6 Å². The molecular formula is C15H20BrNO3. The normalized spacial score (nSPS) is 10.8. The van der Waals surface area contributed by atoms with Gasteiger partial charge in [0.05, 0.1) is 12.7 Å². The van der Waals surface area contributed by atoms with E-state index in [-0.39, 0.29) is 17.6 Å². The zero-order valence-corrected chi connectivity index (χ0v) is 14.0. The third kappa shape index (κ3) is 3.60. The third-order valence-electron chi connectivity index (χ3n) is 2.95. The Morgan fingerprint density at radius 3 is 2.15 bits per heavy atom. The Labute approximate surface area is 128 Å². The molecule has 0 saturated heterocycles. The summed E-state index contributed by atoms with van der Waals surface area (Å²) >= 11 is 3.31. The summed E-state index contributed by atoms with van der Waals surface area (Å²) in [5.74, 6) is -0.657. The van der Waals surface area contributed by atoms with Crippen LogP contribution < -0.4 is 4.74 Å². The fourth-order valence-corrected chi connectivity index (χ4v) is 2.52. The number of rotatable bonds is 5. The second-order valence-corrected chi connectivity index (χ2v) is 5.99. The van der Waals surface area contributed by atoms with Crippen molar-refractivity contribution in [1.82, 2.24) is 4.90 Å². The van der Waals surface area contributed by atoms with Gasteiger partial charge in [-0.2, -0.15) is 0 Å². The molecular weight excluding hydrogens is 322 g/mol. The summed E-state index contributed by atoms with van der Waals surface area (Å²) in [4.78, 5) is 26.4. The number of ketones is 1. The number of amides is 1. The van der Waals surface area contributed by atoms with Gasteiger partial charge < -0.3 is 9.64 Å². The van der Waals surface area contributed by atoms with Crippen molar-refractivity contribution in [3.05, 3.63) is 28.2 Å². The van der Waals surface area contributed by atoms with Crippen LogP contribution in [-0.4, -0.2) is 35.8 Å². The highest BCUT2D eigenvalue weighted by Gasteiger charge is 2.29. The Kier molecular flexibility index (Phi) is 5.74. The van der Waals surface area contributed by atoms with Gasteiger partial charge in [-0.05, 0) is 45.9 Å². The van der Waals surface area contributed by atoms with E-state index in [4.69, 9.17) is 4.74 Å². The Balaban J connectivity index is 3.17. The molecule has 0 spiro atoms. The molecule has 0 unspecified atom stereocenters. The van der Waals surface area contributed by atoms with Crippen LogP contribution >= 0.6 is 15.9 Å². The van der Waals surface area contributed by atoms with E-state index < -0.39 is 11.7 Å². The molecule has 110 valence electrons. The van der Waals surface area contributed by atoms with Gasteiger partial charge in [0.25, 0.3) is 11.7 Å². The first-order valence-corrected chi connectivity index (χ1v) is 7.29. The summed E-state index contributed by atoms with van der Waals surface area (Å²) in [5.41, 5.74) is 0.276. The second-order valence-electron chi connectivity index (χ2n) is 5.07. The van der Waals surface area contributed by atoms with Gasteiger partial charge in [0, 0.05) is 16.6 Å². The fourth-order valence-electron chi connectivity index (χ4n) is 2.16. The van der Waals surface area contributed by atoms with E-state index in [2.05, 4.69) is 15.9 Å². The lowest BCUT2D eigenvalue weighted by Gasteiger charge is -2.30. The van der Waals surface area contributed by atoms with Crippen LogP contribution in [-0.2, 0) is 4.79 Å². The smallest absolute Gasteiger partial charge is 0.295 e. The average molecular weight is 342 g/mol. The van der Waals surface area contributed by atoms with Gasteiger partial charge >= 0.3 is 0 Å². The van der Waals surface area contributed by atoms with Crippen molar-refractivity contribution in [1.29, 1.82) is 0 Å². The molecule has 0 N–H and O–H groups in total. The molecule has 0 aromatic heterocycles. The zero-order valence-electron chi connectivity index (χ0n) is 12.4. The first kappa shape index (κ1) is 16.7. The molecule has 0 atom stereocenters. The topological polar surface area (TPSA) is 46.6 Å². The number of halogens is 1. The molecule has 20 heavy (non-hydrogen) atoms.